The lowest BCUT2D eigenvalue weighted by Gasteiger charge is -2.32. The van der Waals surface area contributed by atoms with Gasteiger partial charge in [0.2, 0.25) is 0 Å². The molecule has 1 saturated heterocycles. The number of hydrogen-bond donors (Lipinski definition) is 2. The van der Waals surface area contributed by atoms with E-state index in [0.29, 0.717) is 44.5 Å². The number of anilines is 1. The molecule has 1 spiro atoms. The fourth-order valence-corrected chi connectivity index (χ4v) is 10.0. The van der Waals surface area contributed by atoms with Gasteiger partial charge in [-0.2, -0.15) is 0 Å². The van der Waals surface area contributed by atoms with Crippen LogP contribution in [-0.2, 0) is 31.2 Å². The molecule has 1 fully saturated rings. The number of fused-ring (bicyclic) bond motifs is 2. The van der Waals surface area contributed by atoms with E-state index in [1.54, 1.807) is 9.58 Å². The first-order valence-electron chi connectivity index (χ1n) is 15.2. The van der Waals surface area contributed by atoms with Crippen LogP contribution in [-0.4, -0.2) is 71.5 Å². The number of carbonyl (C=O) groups excluding carboxylic acids is 2. The fraction of sp³-hybridized carbons (Fsp3) is 0.500. The summed E-state index contributed by atoms with van der Waals surface area (Å²) in [7, 11) is -1.44. The minimum atomic E-state index is -2.82. The van der Waals surface area contributed by atoms with Crippen LogP contribution < -0.4 is 4.90 Å². The van der Waals surface area contributed by atoms with Gasteiger partial charge in [-0.25, -0.2) is 0 Å². The molecule has 236 valence electrons. The Morgan fingerprint density at radius 2 is 1.93 bits per heavy atom. The molecule has 1 aromatic heterocycles. The van der Waals surface area contributed by atoms with E-state index in [0.717, 1.165) is 21.3 Å². The van der Waals surface area contributed by atoms with Gasteiger partial charge in [0.05, 0.1) is 37.1 Å². The van der Waals surface area contributed by atoms with Crippen LogP contribution in [0.4, 0.5) is 5.69 Å². The molecule has 0 radical (unpaired) electrons. The van der Waals surface area contributed by atoms with Crippen LogP contribution in [0.5, 0.6) is 0 Å². The smallest absolute Gasteiger partial charge is 0.305 e. The summed E-state index contributed by atoms with van der Waals surface area (Å²) < 4.78 is 14.3. The molecule has 5 atom stereocenters. The van der Waals surface area contributed by atoms with Crippen molar-refractivity contribution in [3.05, 3.63) is 76.0 Å². The molecule has 1 amide bonds. The summed E-state index contributed by atoms with van der Waals surface area (Å²) in [6, 6.07) is 15.5. The normalized spacial score (nSPS) is 23.8. The van der Waals surface area contributed by atoms with E-state index in [9.17, 15) is 19.5 Å². The predicted octanol–water partition coefficient (Wildman–Crippen LogP) is 4.74. The van der Waals surface area contributed by atoms with E-state index in [2.05, 4.69) is 26.2 Å². The zero-order chi connectivity index (χ0) is 31.6. The van der Waals surface area contributed by atoms with Gasteiger partial charge < -0.3 is 24.3 Å². The number of aliphatic hydroxyl groups excluding tert-OH is 1. The number of aliphatic hydroxyl groups is 1. The van der Waals surface area contributed by atoms with Crippen LogP contribution in [0.25, 0.3) is 0 Å². The van der Waals surface area contributed by atoms with E-state index < -0.39 is 13.9 Å². The second kappa shape index (κ2) is 13.2. The van der Waals surface area contributed by atoms with Crippen LogP contribution in [0.3, 0.4) is 0 Å². The molecule has 2 aromatic carbocycles. The Bertz CT molecular complexity index is 1480. The fourth-order valence-electron chi connectivity index (χ4n) is 7.08. The number of esters is 1. The van der Waals surface area contributed by atoms with Crippen molar-refractivity contribution in [1.82, 2.24) is 15.0 Å². The molecule has 0 bridgehead atoms. The third-order valence-electron chi connectivity index (χ3n) is 9.13. The summed E-state index contributed by atoms with van der Waals surface area (Å²) in [5.41, 5.74) is 1.81. The minimum absolute atomic E-state index is 0.0862. The highest BCUT2D eigenvalue weighted by molar-refractivity contribution is 9.10. The average Bonchev–Trinajstić information content (AvgIpc) is 3.65. The second-order valence-electron chi connectivity index (χ2n) is 12.4. The quantitative estimate of drug-likeness (QED) is 0.159. The van der Waals surface area contributed by atoms with Crippen LogP contribution in [0, 0.1) is 5.92 Å². The van der Waals surface area contributed by atoms with Crippen molar-refractivity contribution in [1.29, 1.82) is 0 Å². The van der Waals surface area contributed by atoms with E-state index in [1.807, 2.05) is 74.7 Å². The zero-order valence-corrected chi connectivity index (χ0v) is 28.2. The third kappa shape index (κ3) is 6.14. The number of rotatable bonds is 12. The number of halogens is 1. The molecule has 2 aliphatic heterocycles. The van der Waals surface area contributed by atoms with Crippen LogP contribution in [0.2, 0.25) is 18.6 Å². The number of aromatic nitrogens is 3. The predicted molar refractivity (Wildman–Crippen MR) is 172 cm³/mol. The lowest BCUT2D eigenvalue weighted by Crippen LogP contribution is -2.46. The van der Waals surface area contributed by atoms with Gasteiger partial charge >= 0.3 is 5.97 Å². The number of hydrogen-bond acceptors (Lipinski definition) is 8. The summed E-state index contributed by atoms with van der Waals surface area (Å²) >= 11 is 3.60. The number of ether oxygens (including phenoxy) is 2. The van der Waals surface area contributed by atoms with Gasteiger partial charge in [0, 0.05) is 47.2 Å². The Balaban J connectivity index is 1.39. The first-order valence-corrected chi connectivity index (χ1v) is 19.0. The lowest BCUT2D eigenvalue weighted by atomic mass is 9.82. The monoisotopic (exact) mass is 684 g/mol. The SMILES string of the molecule is COC(=O)CCCCN1C(=O)[C@]2(O[C@H](CCn3cc(C(CO)c4ccccc4)nn3)[C@@H]([Si](C)(C)O)[C@@H]2C)c2cc(Br)ccc21. The molecule has 3 heterocycles. The zero-order valence-electron chi connectivity index (χ0n) is 25.6. The number of aryl methyl sites for hydroxylation is 1. The minimum Gasteiger partial charge on any atom is -0.469 e. The van der Waals surface area contributed by atoms with E-state index in [4.69, 9.17) is 9.47 Å². The molecular weight excluding hydrogens is 644 g/mol. The summed E-state index contributed by atoms with van der Waals surface area (Å²) in [4.78, 5) is 39.4. The molecule has 0 aliphatic carbocycles. The van der Waals surface area contributed by atoms with E-state index in [1.165, 1.54) is 7.11 Å². The van der Waals surface area contributed by atoms with Crippen molar-refractivity contribution in [3.63, 3.8) is 0 Å². The Morgan fingerprint density at radius 1 is 1.18 bits per heavy atom. The highest BCUT2D eigenvalue weighted by Gasteiger charge is 2.66. The highest BCUT2D eigenvalue weighted by Crippen LogP contribution is 2.60. The summed E-state index contributed by atoms with van der Waals surface area (Å²) in [6.45, 7) is 6.69. The molecule has 12 heteroatoms. The van der Waals surface area contributed by atoms with Crippen molar-refractivity contribution in [2.24, 2.45) is 5.92 Å². The van der Waals surface area contributed by atoms with Crippen molar-refractivity contribution in [2.45, 2.75) is 75.4 Å². The van der Waals surface area contributed by atoms with Gasteiger partial charge in [-0.1, -0.05) is 58.4 Å². The number of amides is 1. The maximum absolute atomic E-state index is 14.4. The highest BCUT2D eigenvalue weighted by atomic mass is 79.9. The van der Waals surface area contributed by atoms with Crippen molar-refractivity contribution >= 4 is 41.8 Å². The lowest BCUT2D eigenvalue weighted by molar-refractivity contribution is -0.146. The summed E-state index contributed by atoms with van der Waals surface area (Å²) in [6.07, 6.45) is 3.53. The number of benzene rings is 2. The Kier molecular flexibility index (Phi) is 9.76. The molecular formula is C32H41BrN4O6Si. The van der Waals surface area contributed by atoms with Gasteiger partial charge in [-0.05, 0) is 56.1 Å². The summed E-state index contributed by atoms with van der Waals surface area (Å²) in [5.74, 6) is -0.947. The number of nitrogens with zero attached hydrogens (tertiary/aromatic N) is 4. The van der Waals surface area contributed by atoms with Crippen molar-refractivity contribution in [2.75, 3.05) is 25.2 Å². The second-order valence-corrected chi connectivity index (χ2v) is 17.2. The Morgan fingerprint density at radius 3 is 2.61 bits per heavy atom. The molecule has 0 saturated carbocycles. The first kappa shape index (κ1) is 32.5. The topological polar surface area (TPSA) is 127 Å². The van der Waals surface area contributed by atoms with Gasteiger partial charge in [0.1, 0.15) is 0 Å². The third-order valence-corrected chi connectivity index (χ3v) is 12.1. The molecule has 5 rings (SSSR count). The van der Waals surface area contributed by atoms with Gasteiger partial charge in [-0.3, -0.25) is 14.3 Å². The molecule has 2 aliphatic rings. The van der Waals surface area contributed by atoms with Crippen LogP contribution >= 0.6 is 15.9 Å². The number of unbranched alkanes of at least 4 members (excludes halogenated alkanes) is 1. The first-order chi connectivity index (χ1) is 21.0. The summed E-state index contributed by atoms with van der Waals surface area (Å²) in [5, 5.41) is 18.8. The number of carbonyl (C=O) groups is 2. The largest absolute Gasteiger partial charge is 0.469 e. The maximum Gasteiger partial charge on any atom is 0.305 e. The molecule has 44 heavy (non-hydrogen) atoms. The molecule has 2 N–H and O–H groups in total. The maximum atomic E-state index is 14.4. The van der Waals surface area contributed by atoms with Crippen LogP contribution in [0.15, 0.2) is 59.2 Å². The number of methoxy groups -OCH3 is 1. The molecule has 10 nitrogen and oxygen atoms in total. The van der Waals surface area contributed by atoms with Crippen molar-refractivity contribution < 1.29 is 29.0 Å². The average molecular weight is 686 g/mol. The van der Waals surface area contributed by atoms with Gasteiger partial charge in [-0.15, -0.1) is 5.10 Å². The van der Waals surface area contributed by atoms with Crippen LogP contribution in [0.1, 0.15) is 55.3 Å². The Labute approximate surface area is 267 Å². The van der Waals surface area contributed by atoms with Crippen molar-refractivity contribution in [3.8, 4) is 0 Å². The van der Waals surface area contributed by atoms with E-state index in [-0.39, 0.29) is 42.0 Å². The Hall–Kier alpha value is -2.90. The van der Waals surface area contributed by atoms with Gasteiger partial charge in [0.25, 0.3) is 5.91 Å². The molecule has 1 unspecified atom stereocenters. The van der Waals surface area contributed by atoms with Gasteiger partial charge in [0.15, 0.2) is 13.9 Å². The van der Waals surface area contributed by atoms with E-state index >= 15 is 0 Å². The molecule has 3 aromatic rings. The standard InChI is InChI=1S/C32H41BrN4O6Si/c1-21-30(44(3,4)41)28(15-17-36-19-26(34-35-36)24(20-38)22-10-6-5-7-11-22)43-32(21)25-18-23(33)13-14-27(25)37(31(32)40)16-9-8-12-29(39)42-2/h5-7,10-11,13-14,18-19,21,24,28,30,38,41H,8-9,12,15-17,20H2,1-4H3/t21-,24?,28+,30-,32+/m0/s1.